The normalized spacial score (nSPS) is 11.6. The van der Waals surface area contributed by atoms with E-state index in [9.17, 15) is 0 Å². The fraction of sp³-hybridized carbons (Fsp3) is 0.389. The van der Waals surface area contributed by atoms with Gasteiger partial charge in [0.15, 0.2) is 5.82 Å². The van der Waals surface area contributed by atoms with E-state index >= 15 is 0 Å². The van der Waals surface area contributed by atoms with Crippen LogP contribution in [0.25, 0.3) is 11.7 Å². The first kappa shape index (κ1) is 17.0. The Kier molecular flexibility index (Phi) is 4.74. The van der Waals surface area contributed by atoms with Gasteiger partial charge >= 0.3 is 0 Å². The second-order valence-electron chi connectivity index (χ2n) is 5.93. The van der Waals surface area contributed by atoms with Gasteiger partial charge in [0, 0.05) is 13.1 Å². The molecule has 0 amide bonds. The Bertz CT molecular complexity index is 900. The smallest absolute Gasteiger partial charge is 0.201 e. The summed E-state index contributed by atoms with van der Waals surface area (Å²) < 4.78 is 1.88. The van der Waals surface area contributed by atoms with E-state index in [2.05, 4.69) is 51.5 Å². The van der Waals surface area contributed by atoms with Crippen LogP contribution in [-0.2, 0) is 0 Å². The molecule has 0 bridgehead atoms. The second-order valence-corrected chi connectivity index (χ2v) is 5.93. The Morgan fingerprint density at radius 2 is 1.96 bits per heavy atom. The number of allylic oxidation sites excluding steroid dienone is 1. The van der Waals surface area contributed by atoms with Crippen molar-refractivity contribution in [2.45, 2.75) is 34.6 Å². The summed E-state index contributed by atoms with van der Waals surface area (Å²) >= 11 is 0. The number of nitrogens with one attached hydrogen (secondary N) is 2. The summed E-state index contributed by atoms with van der Waals surface area (Å²) in [6, 6.07) is 4.12. The van der Waals surface area contributed by atoms with Crippen LogP contribution in [0.2, 0.25) is 0 Å². The summed E-state index contributed by atoms with van der Waals surface area (Å²) in [5, 5.41) is 15.3. The second kappa shape index (κ2) is 6.96. The molecule has 25 heavy (non-hydrogen) atoms. The molecule has 0 aliphatic rings. The summed E-state index contributed by atoms with van der Waals surface area (Å²) in [4.78, 5) is 6.97. The van der Waals surface area contributed by atoms with E-state index in [1.165, 1.54) is 0 Å². The molecule has 7 nitrogen and oxygen atoms in total. The van der Waals surface area contributed by atoms with E-state index < -0.39 is 0 Å². The van der Waals surface area contributed by atoms with Crippen molar-refractivity contribution in [2.24, 2.45) is 0 Å². The Morgan fingerprint density at radius 3 is 2.60 bits per heavy atom. The Balaban J connectivity index is 1.95. The lowest BCUT2D eigenvalue weighted by Gasteiger charge is -2.21. The van der Waals surface area contributed by atoms with E-state index in [4.69, 9.17) is 4.98 Å². The molecule has 3 aromatic rings. The predicted molar refractivity (Wildman–Crippen MR) is 103 cm³/mol. The zero-order valence-corrected chi connectivity index (χ0v) is 15.5. The molecule has 0 saturated heterocycles. The quantitative estimate of drug-likeness (QED) is 0.716. The highest BCUT2D eigenvalue weighted by molar-refractivity contribution is 5.77. The first-order valence-corrected chi connectivity index (χ1v) is 8.65. The van der Waals surface area contributed by atoms with Crippen LogP contribution in [0.3, 0.4) is 0 Å². The molecular weight excluding hydrogens is 314 g/mol. The zero-order chi connectivity index (χ0) is 18.0. The number of aromatic amines is 1. The average molecular weight is 339 g/mol. The standard InChI is InChI=1S/C18H25N7/c1-6-9-16-21-22-18-17(13(5)23-25(16)18)20-14-10-11-15(19-12(14)4)24(7-2)8-3/h6,9-11,20,23H,7-8H2,1-5H3/b9-6+. The van der Waals surface area contributed by atoms with E-state index in [1.807, 2.05) is 37.4 Å². The van der Waals surface area contributed by atoms with Gasteiger partial charge in [0.1, 0.15) is 11.5 Å². The van der Waals surface area contributed by atoms with Crippen LogP contribution in [0.5, 0.6) is 0 Å². The van der Waals surface area contributed by atoms with Crippen LogP contribution in [0.15, 0.2) is 18.2 Å². The van der Waals surface area contributed by atoms with Gasteiger partial charge in [-0.1, -0.05) is 6.08 Å². The maximum absolute atomic E-state index is 4.74. The van der Waals surface area contributed by atoms with Crippen molar-refractivity contribution in [3.63, 3.8) is 0 Å². The summed E-state index contributed by atoms with van der Waals surface area (Å²) in [7, 11) is 0. The number of aromatic nitrogens is 5. The third-order valence-electron chi connectivity index (χ3n) is 4.30. The van der Waals surface area contributed by atoms with Crippen molar-refractivity contribution in [3.8, 4) is 0 Å². The fourth-order valence-electron chi connectivity index (χ4n) is 2.90. The van der Waals surface area contributed by atoms with Gasteiger partial charge in [-0.15, -0.1) is 10.2 Å². The fourth-order valence-corrected chi connectivity index (χ4v) is 2.90. The topological polar surface area (TPSA) is 74.1 Å². The minimum Gasteiger partial charge on any atom is -0.357 e. The van der Waals surface area contributed by atoms with Crippen LogP contribution in [0.1, 0.15) is 38.0 Å². The van der Waals surface area contributed by atoms with Gasteiger partial charge in [0.05, 0.1) is 17.1 Å². The molecule has 2 N–H and O–H groups in total. The van der Waals surface area contributed by atoms with Gasteiger partial charge in [-0.3, -0.25) is 5.10 Å². The number of hydrogen-bond acceptors (Lipinski definition) is 5. The molecule has 0 aromatic carbocycles. The maximum atomic E-state index is 4.74. The van der Waals surface area contributed by atoms with Crippen molar-refractivity contribution in [3.05, 3.63) is 35.4 Å². The average Bonchev–Trinajstić information content (AvgIpc) is 3.11. The molecule has 0 radical (unpaired) electrons. The van der Waals surface area contributed by atoms with Gasteiger partial charge in [0.25, 0.3) is 0 Å². The zero-order valence-electron chi connectivity index (χ0n) is 15.5. The largest absolute Gasteiger partial charge is 0.357 e. The minimum atomic E-state index is 0.776. The number of H-pyrrole nitrogens is 1. The molecule has 0 aliphatic carbocycles. The number of aryl methyl sites for hydroxylation is 2. The number of rotatable bonds is 6. The first-order valence-electron chi connectivity index (χ1n) is 8.65. The molecule has 0 spiro atoms. The Labute approximate surface area is 147 Å². The summed E-state index contributed by atoms with van der Waals surface area (Å²) in [6.07, 6.45) is 3.87. The van der Waals surface area contributed by atoms with Crippen molar-refractivity contribution < 1.29 is 0 Å². The predicted octanol–water partition coefficient (Wildman–Crippen LogP) is 3.69. The highest BCUT2D eigenvalue weighted by Gasteiger charge is 2.15. The summed E-state index contributed by atoms with van der Waals surface area (Å²) in [6.45, 7) is 12.2. The van der Waals surface area contributed by atoms with E-state index in [-0.39, 0.29) is 0 Å². The van der Waals surface area contributed by atoms with Crippen molar-refractivity contribution >= 4 is 28.9 Å². The van der Waals surface area contributed by atoms with Crippen LogP contribution in [0, 0.1) is 13.8 Å². The summed E-state index contributed by atoms with van der Waals surface area (Å²) in [5.74, 6) is 1.78. The lowest BCUT2D eigenvalue weighted by atomic mass is 10.2. The number of hydrogen-bond donors (Lipinski definition) is 2. The van der Waals surface area contributed by atoms with E-state index in [1.54, 1.807) is 0 Å². The van der Waals surface area contributed by atoms with Crippen LogP contribution < -0.4 is 10.2 Å². The van der Waals surface area contributed by atoms with E-state index in [0.29, 0.717) is 0 Å². The molecule has 3 heterocycles. The molecule has 0 unspecified atom stereocenters. The van der Waals surface area contributed by atoms with Crippen molar-refractivity contribution in [2.75, 3.05) is 23.3 Å². The lowest BCUT2D eigenvalue weighted by Crippen LogP contribution is -2.23. The van der Waals surface area contributed by atoms with Crippen molar-refractivity contribution in [1.29, 1.82) is 0 Å². The number of pyridine rings is 1. The third-order valence-corrected chi connectivity index (χ3v) is 4.30. The third kappa shape index (κ3) is 3.09. The van der Waals surface area contributed by atoms with Crippen LogP contribution >= 0.6 is 0 Å². The number of nitrogens with zero attached hydrogens (tertiary/aromatic N) is 5. The van der Waals surface area contributed by atoms with Gasteiger partial charge in [-0.2, -0.15) is 0 Å². The SMILES string of the molecule is C/C=C/c1nnc2c(Nc3ccc(N(CC)CC)nc3C)c(C)[nH]n12. The summed E-state index contributed by atoms with van der Waals surface area (Å²) in [5.41, 5.74) is 4.62. The van der Waals surface area contributed by atoms with Crippen molar-refractivity contribution in [1.82, 2.24) is 24.8 Å². The van der Waals surface area contributed by atoms with Gasteiger partial charge in [-0.25, -0.2) is 9.50 Å². The number of anilines is 3. The molecule has 3 rings (SSSR count). The molecule has 0 atom stereocenters. The number of fused-ring (bicyclic) bond motifs is 1. The molecule has 0 aliphatic heterocycles. The Hall–Kier alpha value is -2.83. The molecular formula is C18H25N7. The van der Waals surface area contributed by atoms with Crippen LogP contribution in [0.4, 0.5) is 17.2 Å². The highest BCUT2D eigenvalue weighted by atomic mass is 15.4. The molecule has 7 heteroatoms. The van der Waals surface area contributed by atoms with Gasteiger partial charge in [-0.05, 0) is 52.8 Å². The van der Waals surface area contributed by atoms with Gasteiger partial charge in [0.2, 0.25) is 5.65 Å². The molecule has 0 saturated carbocycles. The molecule has 3 aromatic heterocycles. The highest BCUT2D eigenvalue weighted by Crippen LogP contribution is 2.27. The minimum absolute atomic E-state index is 0.776. The molecule has 132 valence electrons. The molecule has 0 fully saturated rings. The monoisotopic (exact) mass is 339 g/mol. The Morgan fingerprint density at radius 1 is 1.20 bits per heavy atom. The maximum Gasteiger partial charge on any atom is 0.201 e. The first-order chi connectivity index (χ1) is 12.1. The van der Waals surface area contributed by atoms with Crippen LogP contribution in [-0.4, -0.2) is 37.9 Å². The van der Waals surface area contributed by atoms with Gasteiger partial charge < -0.3 is 10.2 Å². The lowest BCUT2D eigenvalue weighted by molar-refractivity contribution is 0.843. The van der Waals surface area contributed by atoms with E-state index in [0.717, 1.165) is 53.1 Å².